The van der Waals surface area contributed by atoms with Crippen molar-refractivity contribution in [3.63, 3.8) is 0 Å². The number of carbonyl (C=O) groups excluding carboxylic acids is 1. The van der Waals surface area contributed by atoms with Gasteiger partial charge in [-0.2, -0.15) is 0 Å². The van der Waals surface area contributed by atoms with Crippen LogP contribution in [-0.2, 0) is 4.79 Å². The fourth-order valence-corrected chi connectivity index (χ4v) is 5.80. The molecule has 1 N–H and O–H groups in total. The molecule has 1 amide bonds. The molecule has 2 aromatic carbocycles. The molecule has 0 radical (unpaired) electrons. The Morgan fingerprint density at radius 1 is 1.11 bits per heavy atom. The van der Waals surface area contributed by atoms with Crippen molar-refractivity contribution in [1.82, 2.24) is 10.2 Å². The van der Waals surface area contributed by atoms with Gasteiger partial charge < -0.3 is 15.0 Å². The van der Waals surface area contributed by atoms with Crippen LogP contribution < -0.4 is 10.1 Å². The summed E-state index contributed by atoms with van der Waals surface area (Å²) in [5, 5.41) is 3.08. The Hall–Kier alpha value is -1.63. The van der Waals surface area contributed by atoms with Crippen LogP contribution in [0.2, 0.25) is 0 Å². The van der Waals surface area contributed by atoms with Crippen LogP contribution in [-0.4, -0.2) is 49.6 Å². The molecular weight excluding hydrogens is 376 g/mol. The lowest BCUT2D eigenvalue weighted by molar-refractivity contribution is -0.124. The van der Waals surface area contributed by atoms with Crippen molar-refractivity contribution in [3.8, 4) is 5.75 Å². The summed E-state index contributed by atoms with van der Waals surface area (Å²) in [5.74, 6) is 3.04. The van der Waals surface area contributed by atoms with Gasteiger partial charge in [-0.1, -0.05) is 42.5 Å². The monoisotopic (exact) mass is 402 g/mol. The van der Waals surface area contributed by atoms with Crippen LogP contribution in [0.15, 0.2) is 54.6 Å². The molecule has 0 bridgehead atoms. The van der Waals surface area contributed by atoms with E-state index in [1.165, 1.54) is 17.1 Å². The lowest BCUT2D eigenvalue weighted by atomic mass is 10.1. The van der Waals surface area contributed by atoms with Gasteiger partial charge in [0.25, 0.3) is 5.91 Å². The molecule has 4 nitrogen and oxygen atoms in total. The van der Waals surface area contributed by atoms with E-state index in [1.54, 1.807) is 0 Å². The largest absolute Gasteiger partial charge is 0.484 e. The Bertz CT molecular complexity index is 717. The third-order valence-corrected chi connectivity index (χ3v) is 7.33. The predicted octanol–water partition coefficient (Wildman–Crippen LogP) is 3.96. The number of carbonyl (C=O) groups is 1. The van der Waals surface area contributed by atoms with Crippen molar-refractivity contribution in [3.05, 3.63) is 65.7 Å². The van der Waals surface area contributed by atoms with Gasteiger partial charge in [0.1, 0.15) is 5.75 Å². The van der Waals surface area contributed by atoms with Crippen LogP contribution in [0.1, 0.15) is 21.8 Å². The van der Waals surface area contributed by atoms with E-state index >= 15 is 0 Å². The first kappa shape index (κ1) is 20.1. The molecule has 144 valence electrons. The van der Waals surface area contributed by atoms with Crippen LogP contribution in [0.3, 0.4) is 0 Å². The van der Waals surface area contributed by atoms with E-state index in [2.05, 4.69) is 22.3 Å². The summed E-state index contributed by atoms with van der Waals surface area (Å²) < 4.78 is 6.22. The Labute approximate surface area is 170 Å². The van der Waals surface area contributed by atoms with Gasteiger partial charge in [0.05, 0.1) is 10.6 Å². The lowest BCUT2D eigenvalue weighted by Gasteiger charge is -2.23. The number of likely N-dealkylation sites (N-methyl/N-ethyl adjacent to an activating group) is 1. The summed E-state index contributed by atoms with van der Waals surface area (Å²) in [6.45, 7) is 0.754. The zero-order valence-corrected chi connectivity index (χ0v) is 17.4. The van der Waals surface area contributed by atoms with Crippen molar-refractivity contribution in [2.45, 2.75) is 10.6 Å². The zero-order chi connectivity index (χ0) is 19.1. The first-order valence-corrected chi connectivity index (χ1v) is 11.2. The Kier molecular flexibility index (Phi) is 7.50. The summed E-state index contributed by atoms with van der Waals surface area (Å²) in [6, 6.07) is 18.1. The van der Waals surface area contributed by atoms with E-state index in [0.29, 0.717) is 4.58 Å². The first-order valence-electron chi connectivity index (χ1n) is 9.07. The second kappa shape index (κ2) is 10.1. The number of amides is 1. The third-order valence-electron chi connectivity index (χ3n) is 4.23. The summed E-state index contributed by atoms with van der Waals surface area (Å²) in [5.41, 5.74) is 2.41. The van der Waals surface area contributed by atoms with Crippen LogP contribution in [0.5, 0.6) is 5.75 Å². The van der Waals surface area contributed by atoms with Crippen LogP contribution in [0.4, 0.5) is 0 Å². The number of benzene rings is 2. The van der Waals surface area contributed by atoms with Gasteiger partial charge in [-0.3, -0.25) is 4.79 Å². The number of nitrogens with one attached hydrogen (secondary N) is 1. The minimum absolute atomic E-state index is 0.0169. The molecule has 3 rings (SSSR count). The highest BCUT2D eigenvalue weighted by Gasteiger charge is 2.18. The maximum atomic E-state index is 12.4. The molecule has 1 atom stereocenters. The quantitative estimate of drug-likeness (QED) is 0.724. The molecule has 1 aliphatic rings. The molecule has 1 heterocycles. The van der Waals surface area contributed by atoms with Gasteiger partial charge in [-0.15, -0.1) is 23.5 Å². The fraction of sp³-hybridized carbons (Fsp3) is 0.381. The molecule has 1 fully saturated rings. The Balaban J connectivity index is 1.53. The molecule has 1 aliphatic heterocycles. The molecular formula is C21H26N2O2S2. The molecule has 27 heavy (non-hydrogen) atoms. The topological polar surface area (TPSA) is 41.6 Å². The molecule has 1 saturated heterocycles. The van der Waals surface area contributed by atoms with Gasteiger partial charge in [-0.05, 0) is 37.4 Å². The number of hydrogen-bond acceptors (Lipinski definition) is 5. The van der Waals surface area contributed by atoms with Gasteiger partial charge in [0, 0.05) is 18.1 Å². The molecule has 0 unspecified atom stereocenters. The van der Waals surface area contributed by atoms with Gasteiger partial charge in [0.15, 0.2) is 6.61 Å². The van der Waals surface area contributed by atoms with E-state index in [4.69, 9.17) is 4.74 Å². The Morgan fingerprint density at radius 2 is 1.78 bits per heavy atom. The van der Waals surface area contributed by atoms with Crippen LogP contribution >= 0.6 is 23.5 Å². The van der Waals surface area contributed by atoms with E-state index in [-0.39, 0.29) is 18.6 Å². The highest BCUT2D eigenvalue weighted by atomic mass is 32.2. The highest BCUT2D eigenvalue weighted by molar-refractivity contribution is 8.19. The normalized spacial score (nSPS) is 15.7. The highest BCUT2D eigenvalue weighted by Crippen LogP contribution is 2.45. The van der Waals surface area contributed by atoms with E-state index in [1.807, 2.05) is 80.1 Å². The van der Waals surface area contributed by atoms with Gasteiger partial charge in [-0.25, -0.2) is 0 Å². The third kappa shape index (κ3) is 6.19. The van der Waals surface area contributed by atoms with Gasteiger partial charge in [0.2, 0.25) is 0 Å². The SMILES string of the molecule is CN(C)C[C@H](NC(=O)COc1ccc(C2SCCS2)cc1)c1ccccc1. The minimum atomic E-state index is -0.114. The second-order valence-corrected chi connectivity index (χ2v) is 9.45. The average Bonchev–Trinajstić information content (AvgIpc) is 3.21. The molecule has 2 aromatic rings. The van der Waals surface area contributed by atoms with Crippen LogP contribution in [0, 0.1) is 0 Å². The number of rotatable bonds is 8. The second-order valence-electron chi connectivity index (χ2n) is 6.72. The summed E-state index contributed by atoms with van der Waals surface area (Å²) in [7, 11) is 4.00. The number of thioether (sulfide) groups is 2. The summed E-state index contributed by atoms with van der Waals surface area (Å²) >= 11 is 3.97. The smallest absolute Gasteiger partial charge is 0.258 e. The molecule has 0 saturated carbocycles. The molecule has 0 spiro atoms. The predicted molar refractivity (Wildman–Crippen MR) is 115 cm³/mol. The zero-order valence-electron chi connectivity index (χ0n) is 15.8. The number of nitrogens with zero attached hydrogens (tertiary/aromatic N) is 1. The Morgan fingerprint density at radius 3 is 2.41 bits per heavy atom. The summed E-state index contributed by atoms with van der Waals surface area (Å²) in [6.07, 6.45) is 0. The van der Waals surface area contributed by atoms with Crippen molar-refractivity contribution in [1.29, 1.82) is 0 Å². The lowest BCUT2D eigenvalue weighted by Crippen LogP contribution is -2.37. The number of ether oxygens (including phenoxy) is 1. The molecule has 6 heteroatoms. The van der Waals surface area contributed by atoms with E-state index in [0.717, 1.165) is 17.9 Å². The molecule has 0 aromatic heterocycles. The fourth-order valence-electron chi connectivity index (χ4n) is 2.94. The van der Waals surface area contributed by atoms with E-state index < -0.39 is 0 Å². The van der Waals surface area contributed by atoms with Crippen molar-refractivity contribution in [2.75, 3.05) is 38.8 Å². The van der Waals surface area contributed by atoms with Crippen molar-refractivity contribution < 1.29 is 9.53 Å². The van der Waals surface area contributed by atoms with Gasteiger partial charge >= 0.3 is 0 Å². The number of hydrogen-bond donors (Lipinski definition) is 1. The standard InChI is InChI=1S/C21H26N2O2S2/c1-23(2)14-19(16-6-4-3-5-7-16)22-20(24)15-25-18-10-8-17(9-11-18)21-26-12-13-27-21/h3-11,19,21H,12-15H2,1-2H3,(H,22,24)/t19-/m0/s1. The van der Waals surface area contributed by atoms with E-state index in [9.17, 15) is 4.79 Å². The van der Waals surface area contributed by atoms with Crippen molar-refractivity contribution >= 4 is 29.4 Å². The van der Waals surface area contributed by atoms with Crippen molar-refractivity contribution in [2.24, 2.45) is 0 Å². The summed E-state index contributed by atoms with van der Waals surface area (Å²) in [4.78, 5) is 14.5. The average molecular weight is 403 g/mol. The maximum absolute atomic E-state index is 12.4. The van der Waals surface area contributed by atoms with Crippen LogP contribution in [0.25, 0.3) is 0 Å². The molecule has 0 aliphatic carbocycles. The minimum Gasteiger partial charge on any atom is -0.484 e. The maximum Gasteiger partial charge on any atom is 0.258 e. The first-order chi connectivity index (χ1) is 13.1.